The minimum absolute atomic E-state index is 0.120. The third-order valence-corrected chi connectivity index (χ3v) is 6.10. The van der Waals surface area contributed by atoms with Crippen LogP contribution in [0.25, 0.3) is 6.08 Å². The van der Waals surface area contributed by atoms with Crippen molar-refractivity contribution in [3.8, 4) is 5.75 Å². The molecule has 35 heavy (non-hydrogen) atoms. The molecule has 2 aromatic rings. The van der Waals surface area contributed by atoms with Crippen molar-refractivity contribution in [2.24, 2.45) is 5.73 Å². The number of amides is 3. The molecule has 0 aliphatic carbocycles. The average Bonchev–Trinajstić information content (AvgIpc) is 3.24. The molecular weight excluding hydrogens is 466 g/mol. The lowest BCUT2D eigenvalue weighted by Crippen LogP contribution is -2.55. The third kappa shape index (κ3) is 8.43. The number of ether oxygens (including phenoxy) is 1. The van der Waals surface area contributed by atoms with Crippen molar-refractivity contribution < 1.29 is 24.2 Å². The number of nitrogens with zero attached hydrogens (tertiary/aromatic N) is 1. The fourth-order valence-corrected chi connectivity index (χ4v) is 4.24. The number of primary amides is 1. The molecule has 0 saturated carbocycles. The molecule has 0 saturated heterocycles. The van der Waals surface area contributed by atoms with Gasteiger partial charge in [-0.1, -0.05) is 12.2 Å². The minimum atomic E-state index is -1.02. The van der Waals surface area contributed by atoms with Crippen LogP contribution in [0.2, 0.25) is 0 Å². The number of benzene rings is 1. The van der Waals surface area contributed by atoms with Gasteiger partial charge in [-0.15, -0.1) is 0 Å². The predicted octanol–water partition coefficient (Wildman–Crippen LogP) is 3.92. The van der Waals surface area contributed by atoms with Gasteiger partial charge in [0.05, 0.1) is 0 Å². The van der Waals surface area contributed by atoms with Crippen LogP contribution in [-0.2, 0) is 20.7 Å². The van der Waals surface area contributed by atoms with E-state index in [-0.39, 0.29) is 18.7 Å². The maximum atomic E-state index is 13.7. The number of phenolic OH excluding ortho intramolecular Hbond substituents is 1. The van der Waals surface area contributed by atoms with Gasteiger partial charge in [-0.2, -0.15) is 11.3 Å². The molecule has 1 heterocycles. The van der Waals surface area contributed by atoms with Crippen molar-refractivity contribution in [3.63, 3.8) is 0 Å². The lowest BCUT2D eigenvalue weighted by atomic mass is 9.95. The van der Waals surface area contributed by atoms with Gasteiger partial charge in [0.15, 0.2) is 0 Å². The Balaban J connectivity index is 2.39. The standard InChI is InChI=1S/C26H35N3O5S/c1-16-12-20(30)13-17(2)21(16)14-22(28-25(33)34-26(4,5)6)24(32)29(18(3)23(27)31)10-7-8-19-9-11-35-15-19/h7-9,11-13,15,18,22,30H,10,14H2,1-6H3,(H2,27,31)(H,28,33)/b8-7+/t18-,22?/m1/s1. The molecule has 0 aliphatic heterocycles. The van der Waals surface area contributed by atoms with E-state index in [4.69, 9.17) is 10.5 Å². The summed E-state index contributed by atoms with van der Waals surface area (Å²) in [5, 5.41) is 16.5. The van der Waals surface area contributed by atoms with Gasteiger partial charge in [0.25, 0.3) is 0 Å². The van der Waals surface area contributed by atoms with E-state index in [1.165, 1.54) is 4.90 Å². The molecule has 2 atom stereocenters. The van der Waals surface area contributed by atoms with E-state index < -0.39 is 35.6 Å². The predicted molar refractivity (Wildman–Crippen MR) is 138 cm³/mol. The van der Waals surface area contributed by atoms with Crippen molar-refractivity contribution in [1.29, 1.82) is 0 Å². The highest BCUT2D eigenvalue weighted by molar-refractivity contribution is 7.08. The lowest BCUT2D eigenvalue weighted by molar-refractivity contribution is -0.139. The van der Waals surface area contributed by atoms with Gasteiger partial charge in [-0.3, -0.25) is 9.59 Å². The Morgan fingerprint density at radius 2 is 1.86 bits per heavy atom. The number of phenols is 1. The Morgan fingerprint density at radius 3 is 2.37 bits per heavy atom. The molecule has 8 nitrogen and oxygen atoms in total. The highest BCUT2D eigenvalue weighted by atomic mass is 32.1. The summed E-state index contributed by atoms with van der Waals surface area (Å²) in [5.74, 6) is -1.01. The second-order valence-corrected chi connectivity index (χ2v) is 10.3. The first-order chi connectivity index (χ1) is 16.3. The number of thiophene rings is 1. The van der Waals surface area contributed by atoms with Gasteiger partial charge in [-0.05, 0) is 92.8 Å². The quantitative estimate of drug-likeness (QED) is 0.481. The van der Waals surface area contributed by atoms with E-state index in [2.05, 4.69) is 5.32 Å². The number of nitrogens with one attached hydrogen (secondary N) is 1. The van der Waals surface area contributed by atoms with E-state index in [1.807, 2.05) is 36.7 Å². The smallest absolute Gasteiger partial charge is 0.408 e. The summed E-state index contributed by atoms with van der Waals surface area (Å²) in [6.45, 7) is 10.5. The van der Waals surface area contributed by atoms with Crippen molar-refractivity contribution in [1.82, 2.24) is 10.2 Å². The van der Waals surface area contributed by atoms with E-state index in [0.717, 1.165) is 22.3 Å². The minimum Gasteiger partial charge on any atom is -0.508 e. The van der Waals surface area contributed by atoms with Gasteiger partial charge in [0.1, 0.15) is 23.4 Å². The van der Waals surface area contributed by atoms with Gasteiger partial charge < -0.3 is 25.8 Å². The van der Waals surface area contributed by atoms with Crippen LogP contribution >= 0.6 is 11.3 Å². The van der Waals surface area contributed by atoms with Crippen LogP contribution < -0.4 is 11.1 Å². The fourth-order valence-electron chi connectivity index (χ4n) is 3.61. The largest absolute Gasteiger partial charge is 0.508 e. The van der Waals surface area contributed by atoms with E-state index >= 15 is 0 Å². The number of alkyl carbamates (subject to hydrolysis) is 1. The topological polar surface area (TPSA) is 122 Å². The zero-order valence-electron chi connectivity index (χ0n) is 21.1. The molecule has 9 heteroatoms. The Hall–Kier alpha value is -3.33. The molecule has 2 rings (SSSR count). The second kappa shape index (κ2) is 11.9. The summed E-state index contributed by atoms with van der Waals surface area (Å²) < 4.78 is 5.39. The number of hydrogen-bond donors (Lipinski definition) is 3. The molecule has 1 aromatic carbocycles. The molecule has 4 N–H and O–H groups in total. The maximum Gasteiger partial charge on any atom is 0.408 e. The number of aromatic hydroxyl groups is 1. The maximum absolute atomic E-state index is 13.7. The second-order valence-electron chi connectivity index (χ2n) is 9.49. The average molecular weight is 502 g/mol. The molecule has 1 unspecified atom stereocenters. The molecule has 0 aliphatic rings. The molecule has 0 bridgehead atoms. The summed E-state index contributed by atoms with van der Waals surface area (Å²) in [7, 11) is 0. The van der Waals surface area contributed by atoms with Crippen LogP contribution in [0.4, 0.5) is 4.79 Å². The summed E-state index contributed by atoms with van der Waals surface area (Å²) in [4.78, 5) is 39.8. The molecule has 190 valence electrons. The van der Waals surface area contributed by atoms with Gasteiger partial charge in [0.2, 0.25) is 11.8 Å². The Kier molecular flexibility index (Phi) is 9.47. The van der Waals surface area contributed by atoms with Crippen LogP contribution in [0.1, 0.15) is 49.9 Å². The number of carbonyl (C=O) groups excluding carboxylic acids is 3. The first-order valence-corrected chi connectivity index (χ1v) is 12.3. The number of carbonyl (C=O) groups is 3. The Bertz CT molecular complexity index is 1050. The summed E-state index contributed by atoms with van der Waals surface area (Å²) in [5.41, 5.74) is 8.12. The molecule has 0 fully saturated rings. The lowest BCUT2D eigenvalue weighted by Gasteiger charge is -2.31. The Labute approximate surface area is 210 Å². The van der Waals surface area contributed by atoms with Crippen LogP contribution in [0.5, 0.6) is 5.75 Å². The monoisotopic (exact) mass is 501 g/mol. The van der Waals surface area contributed by atoms with E-state index in [0.29, 0.717) is 0 Å². The summed E-state index contributed by atoms with van der Waals surface area (Å²) in [6, 6.07) is 3.21. The number of hydrogen-bond acceptors (Lipinski definition) is 6. The Morgan fingerprint density at radius 1 is 1.23 bits per heavy atom. The molecule has 1 aromatic heterocycles. The summed E-state index contributed by atoms with van der Waals surface area (Å²) >= 11 is 1.55. The van der Waals surface area contributed by atoms with Crippen molar-refractivity contribution in [2.45, 2.75) is 65.6 Å². The highest BCUT2D eigenvalue weighted by Gasteiger charge is 2.32. The molecular formula is C26H35N3O5S. The summed E-state index contributed by atoms with van der Waals surface area (Å²) in [6.07, 6.45) is 3.04. The molecule has 3 amide bonds. The third-order valence-electron chi connectivity index (χ3n) is 5.40. The molecule has 0 radical (unpaired) electrons. The van der Waals surface area contributed by atoms with E-state index in [9.17, 15) is 19.5 Å². The van der Waals surface area contributed by atoms with Gasteiger partial charge in [-0.25, -0.2) is 4.79 Å². The SMILES string of the molecule is Cc1cc(O)cc(C)c1CC(NC(=O)OC(C)(C)C)C(=O)N(C/C=C/c1ccsc1)[C@H](C)C(N)=O. The van der Waals surface area contributed by atoms with Gasteiger partial charge >= 0.3 is 6.09 Å². The van der Waals surface area contributed by atoms with E-state index in [1.54, 1.807) is 57.2 Å². The zero-order chi connectivity index (χ0) is 26.3. The zero-order valence-corrected chi connectivity index (χ0v) is 21.9. The van der Waals surface area contributed by atoms with Gasteiger partial charge in [0, 0.05) is 13.0 Å². The van der Waals surface area contributed by atoms with Crippen LogP contribution in [-0.4, -0.2) is 52.1 Å². The van der Waals surface area contributed by atoms with Crippen LogP contribution in [0.15, 0.2) is 35.0 Å². The number of aryl methyl sites for hydroxylation is 2. The number of rotatable bonds is 9. The normalized spacial score (nSPS) is 13.3. The van der Waals surface area contributed by atoms with Crippen molar-refractivity contribution >= 4 is 35.3 Å². The highest BCUT2D eigenvalue weighted by Crippen LogP contribution is 2.23. The number of nitrogens with two attached hydrogens (primary N) is 1. The van der Waals surface area contributed by atoms with Crippen molar-refractivity contribution in [2.75, 3.05) is 6.54 Å². The van der Waals surface area contributed by atoms with Crippen LogP contribution in [0, 0.1) is 13.8 Å². The van der Waals surface area contributed by atoms with Crippen LogP contribution in [0.3, 0.4) is 0 Å². The fraction of sp³-hybridized carbons (Fsp3) is 0.423. The molecule has 0 spiro atoms. The first kappa shape index (κ1) is 27.9. The first-order valence-electron chi connectivity index (χ1n) is 11.4. The van der Waals surface area contributed by atoms with Crippen molar-refractivity contribution in [3.05, 3.63) is 57.3 Å².